The summed E-state index contributed by atoms with van der Waals surface area (Å²) in [7, 11) is 0. The molecule has 0 bridgehead atoms. The summed E-state index contributed by atoms with van der Waals surface area (Å²) in [6.45, 7) is 0.899. The van der Waals surface area contributed by atoms with Gasteiger partial charge in [-0.15, -0.1) is 11.3 Å². The molecule has 0 aliphatic heterocycles. The third-order valence-electron chi connectivity index (χ3n) is 3.20. The molecule has 0 spiro atoms. The monoisotopic (exact) mass is 278 g/mol. The molecular weight excluding hydrogens is 264 g/mol. The number of nitrogen functional groups attached to an aromatic ring is 1. The molecular formula is C14H15ClN2S. The van der Waals surface area contributed by atoms with Crippen molar-refractivity contribution in [3.63, 3.8) is 0 Å². The Labute approximate surface area is 116 Å². The summed E-state index contributed by atoms with van der Waals surface area (Å²) in [5.74, 6) is 0. The highest BCUT2D eigenvalue weighted by atomic mass is 35.5. The summed E-state index contributed by atoms with van der Waals surface area (Å²) in [4.78, 5) is 3.70. The predicted molar refractivity (Wildman–Crippen MR) is 79.4 cm³/mol. The molecule has 1 fully saturated rings. The van der Waals surface area contributed by atoms with Crippen LogP contribution in [0.1, 0.15) is 17.7 Å². The number of hydrogen-bond acceptors (Lipinski definition) is 3. The van der Waals surface area contributed by atoms with Gasteiger partial charge in [0.25, 0.3) is 0 Å². The molecule has 1 aromatic carbocycles. The van der Waals surface area contributed by atoms with Gasteiger partial charge in [-0.1, -0.05) is 23.7 Å². The van der Waals surface area contributed by atoms with Gasteiger partial charge in [0.2, 0.25) is 0 Å². The van der Waals surface area contributed by atoms with Gasteiger partial charge in [-0.05, 0) is 36.4 Å². The van der Waals surface area contributed by atoms with Crippen molar-refractivity contribution < 1.29 is 0 Å². The summed E-state index contributed by atoms with van der Waals surface area (Å²) >= 11 is 8.10. The van der Waals surface area contributed by atoms with E-state index in [1.807, 2.05) is 18.2 Å². The zero-order chi connectivity index (χ0) is 12.5. The molecule has 0 amide bonds. The minimum Gasteiger partial charge on any atom is -0.397 e. The molecule has 1 saturated carbocycles. The highest BCUT2D eigenvalue weighted by Gasteiger charge is 2.31. The molecule has 3 rings (SSSR count). The Morgan fingerprint density at radius 1 is 1.28 bits per heavy atom. The average molecular weight is 279 g/mol. The van der Waals surface area contributed by atoms with E-state index in [4.69, 9.17) is 17.3 Å². The molecule has 0 atom stereocenters. The van der Waals surface area contributed by atoms with E-state index in [9.17, 15) is 0 Å². The SMILES string of the molecule is Nc1cccc(Cl)c1N(Cc1cccs1)C1CC1. The van der Waals surface area contributed by atoms with Crippen LogP contribution < -0.4 is 10.6 Å². The molecule has 1 aliphatic carbocycles. The maximum atomic E-state index is 6.32. The largest absolute Gasteiger partial charge is 0.397 e. The number of benzene rings is 1. The van der Waals surface area contributed by atoms with Gasteiger partial charge in [-0.25, -0.2) is 0 Å². The molecule has 1 heterocycles. The molecule has 2 N–H and O–H groups in total. The van der Waals surface area contributed by atoms with E-state index in [0.29, 0.717) is 6.04 Å². The summed E-state index contributed by atoms with van der Waals surface area (Å²) in [6, 6.07) is 10.6. The zero-order valence-electron chi connectivity index (χ0n) is 9.97. The maximum absolute atomic E-state index is 6.32. The Bertz CT molecular complexity index is 514. The number of nitrogens with zero attached hydrogens (tertiary/aromatic N) is 1. The molecule has 2 aromatic rings. The van der Waals surface area contributed by atoms with Gasteiger partial charge in [0.15, 0.2) is 0 Å². The average Bonchev–Trinajstić information content (AvgIpc) is 3.06. The fourth-order valence-electron chi connectivity index (χ4n) is 2.18. The van der Waals surface area contributed by atoms with E-state index >= 15 is 0 Å². The second kappa shape index (κ2) is 4.82. The number of hydrogen-bond donors (Lipinski definition) is 1. The Kier molecular flexibility index (Phi) is 3.18. The molecule has 0 saturated heterocycles. The fourth-order valence-corrected chi connectivity index (χ4v) is 3.18. The fraction of sp³-hybridized carbons (Fsp3) is 0.286. The normalized spacial score (nSPS) is 14.7. The lowest BCUT2D eigenvalue weighted by molar-refractivity contribution is 0.805. The maximum Gasteiger partial charge on any atom is 0.0794 e. The Balaban J connectivity index is 1.94. The predicted octanol–water partition coefficient (Wildman–Crippen LogP) is 4.15. The van der Waals surface area contributed by atoms with Gasteiger partial charge >= 0.3 is 0 Å². The van der Waals surface area contributed by atoms with Crippen molar-refractivity contribution in [2.24, 2.45) is 0 Å². The molecule has 1 aliphatic rings. The van der Waals surface area contributed by atoms with E-state index in [2.05, 4.69) is 22.4 Å². The number of anilines is 2. The lowest BCUT2D eigenvalue weighted by atomic mass is 10.2. The minimum atomic E-state index is 0.592. The molecule has 0 radical (unpaired) electrons. The number of thiophene rings is 1. The molecule has 2 nitrogen and oxygen atoms in total. The third kappa shape index (κ3) is 2.33. The first kappa shape index (κ1) is 11.9. The van der Waals surface area contributed by atoms with Crippen LogP contribution in [0.25, 0.3) is 0 Å². The smallest absolute Gasteiger partial charge is 0.0794 e. The van der Waals surface area contributed by atoms with Crippen LogP contribution in [0, 0.1) is 0 Å². The van der Waals surface area contributed by atoms with E-state index in [-0.39, 0.29) is 0 Å². The highest BCUT2D eigenvalue weighted by molar-refractivity contribution is 7.09. The molecule has 1 aromatic heterocycles. The topological polar surface area (TPSA) is 29.3 Å². The minimum absolute atomic E-state index is 0.592. The lowest BCUT2D eigenvalue weighted by Gasteiger charge is -2.26. The van der Waals surface area contributed by atoms with Gasteiger partial charge < -0.3 is 10.6 Å². The second-order valence-corrected chi connectivity index (χ2v) is 6.06. The second-order valence-electron chi connectivity index (χ2n) is 4.62. The number of halogens is 1. The van der Waals surface area contributed by atoms with Crippen LogP contribution in [-0.2, 0) is 6.54 Å². The van der Waals surface area contributed by atoms with E-state index in [0.717, 1.165) is 22.9 Å². The van der Waals surface area contributed by atoms with Gasteiger partial charge in [-0.3, -0.25) is 0 Å². The zero-order valence-corrected chi connectivity index (χ0v) is 11.5. The number of rotatable bonds is 4. The van der Waals surface area contributed by atoms with Crippen LogP contribution in [0.15, 0.2) is 35.7 Å². The molecule has 0 unspecified atom stereocenters. The van der Waals surface area contributed by atoms with Crippen molar-refractivity contribution in [2.45, 2.75) is 25.4 Å². The van der Waals surface area contributed by atoms with Crippen molar-refractivity contribution in [1.29, 1.82) is 0 Å². The van der Waals surface area contributed by atoms with Crippen LogP contribution >= 0.6 is 22.9 Å². The van der Waals surface area contributed by atoms with E-state index in [1.54, 1.807) is 11.3 Å². The molecule has 18 heavy (non-hydrogen) atoms. The summed E-state index contributed by atoms with van der Waals surface area (Å²) < 4.78 is 0. The number of para-hydroxylation sites is 1. The van der Waals surface area contributed by atoms with Crippen molar-refractivity contribution >= 4 is 34.3 Å². The number of nitrogens with two attached hydrogens (primary N) is 1. The first-order valence-corrected chi connectivity index (χ1v) is 7.34. The molecule has 4 heteroatoms. The van der Waals surface area contributed by atoms with E-state index < -0.39 is 0 Å². The lowest BCUT2D eigenvalue weighted by Crippen LogP contribution is -2.25. The van der Waals surface area contributed by atoms with Gasteiger partial charge in [-0.2, -0.15) is 0 Å². The summed E-state index contributed by atoms with van der Waals surface area (Å²) in [5.41, 5.74) is 7.86. The standard InChI is InChI=1S/C14H15ClN2S/c15-12-4-1-5-13(16)14(12)17(10-6-7-10)9-11-3-2-8-18-11/h1-5,8,10H,6-7,9,16H2. The summed E-state index contributed by atoms with van der Waals surface area (Å²) in [6.07, 6.45) is 2.46. The van der Waals surface area contributed by atoms with Crippen LogP contribution in [0.5, 0.6) is 0 Å². The van der Waals surface area contributed by atoms with Crippen LogP contribution in [0.3, 0.4) is 0 Å². The highest BCUT2D eigenvalue weighted by Crippen LogP contribution is 2.40. The summed E-state index contributed by atoms with van der Waals surface area (Å²) in [5, 5.41) is 2.86. The van der Waals surface area contributed by atoms with E-state index in [1.165, 1.54) is 17.7 Å². The van der Waals surface area contributed by atoms with Crippen LogP contribution in [0.4, 0.5) is 11.4 Å². The first-order valence-electron chi connectivity index (χ1n) is 6.08. The Morgan fingerprint density at radius 2 is 2.11 bits per heavy atom. The van der Waals surface area contributed by atoms with Gasteiger partial charge in [0.1, 0.15) is 0 Å². The van der Waals surface area contributed by atoms with Crippen molar-refractivity contribution in [3.05, 3.63) is 45.6 Å². The van der Waals surface area contributed by atoms with Crippen molar-refractivity contribution in [1.82, 2.24) is 0 Å². The quantitative estimate of drug-likeness (QED) is 0.851. The Hall–Kier alpha value is -1.19. The van der Waals surface area contributed by atoms with Crippen LogP contribution in [0.2, 0.25) is 5.02 Å². The van der Waals surface area contributed by atoms with Gasteiger partial charge in [0.05, 0.1) is 22.9 Å². The molecule has 94 valence electrons. The van der Waals surface area contributed by atoms with Gasteiger partial charge in [0, 0.05) is 10.9 Å². The first-order chi connectivity index (χ1) is 8.75. The van der Waals surface area contributed by atoms with Crippen molar-refractivity contribution in [3.8, 4) is 0 Å². The third-order valence-corrected chi connectivity index (χ3v) is 4.37. The van der Waals surface area contributed by atoms with Crippen molar-refractivity contribution in [2.75, 3.05) is 10.6 Å². The van der Waals surface area contributed by atoms with Crippen LogP contribution in [-0.4, -0.2) is 6.04 Å². The Morgan fingerprint density at radius 3 is 2.72 bits per heavy atom.